The van der Waals surface area contributed by atoms with Gasteiger partial charge >= 0.3 is 25.7 Å². The van der Waals surface area contributed by atoms with Crippen molar-refractivity contribution < 1.29 is 52.2 Å². The molecule has 1 aliphatic heterocycles. The molecule has 1 heterocycles. The van der Waals surface area contributed by atoms with E-state index in [-0.39, 0.29) is 19.4 Å². The number of phosphoric acid groups is 1. The van der Waals surface area contributed by atoms with E-state index in [0.29, 0.717) is 31.5 Å². The number of epoxide rings is 1. The second kappa shape index (κ2) is 33.8. The summed E-state index contributed by atoms with van der Waals surface area (Å²) in [6, 6.07) is -1.53. The predicted octanol–water partition coefficient (Wildman–Crippen LogP) is 9.83. The lowest BCUT2D eigenvalue weighted by molar-refractivity contribution is -0.161. The van der Waals surface area contributed by atoms with Crippen LogP contribution >= 0.6 is 7.82 Å². The highest BCUT2D eigenvalue weighted by Gasteiger charge is 2.36. The van der Waals surface area contributed by atoms with Crippen molar-refractivity contribution in [2.45, 2.75) is 192 Å². The molecule has 12 nitrogen and oxygen atoms in total. The number of carboxylic acid groups (broad SMARTS) is 1. The molecule has 0 aliphatic carbocycles. The van der Waals surface area contributed by atoms with Crippen LogP contribution in [0.5, 0.6) is 0 Å². The van der Waals surface area contributed by atoms with Gasteiger partial charge in [-0.15, -0.1) is 0 Å². The summed E-state index contributed by atoms with van der Waals surface area (Å²) in [5.74, 6) is -2.46. The predicted molar refractivity (Wildman–Crippen MR) is 216 cm³/mol. The van der Waals surface area contributed by atoms with E-state index in [0.717, 1.165) is 44.9 Å². The average Bonchev–Trinajstić information content (AvgIpc) is 3.92. The van der Waals surface area contributed by atoms with Gasteiger partial charge in [0.25, 0.3) is 0 Å². The monoisotopic (exact) mass is 799 g/mol. The van der Waals surface area contributed by atoms with Gasteiger partial charge in [0.15, 0.2) is 6.10 Å². The molecular weight excluding hydrogens is 725 g/mol. The molecule has 0 radical (unpaired) electrons. The summed E-state index contributed by atoms with van der Waals surface area (Å²) in [6.45, 7) is 2.70. The summed E-state index contributed by atoms with van der Waals surface area (Å²) >= 11 is 0. The van der Waals surface area contributed by atoms with Gasteiger partial charge in [0.2, 0.25) is 0 Å². The summed E-state index contributed by atoms with van der Waals surface area (Å²) in [5.41, 5.74) is 5.32. The Morgan fingerprint density at radius 2 is 1.15 bits per heavy atom. The Morgan fingerprint density at radius 3 is 1.76 bits per heavy atom. The summed E-state index contributed by atoms with van der Waals surface area (Å²) < 4.78 is 38.3. The molecule has 13 heteroatoms. The Labute approximate surface area is 331 Å². The maximum atomic E-state index is 12.6. The summed E-state index contributed by atoms with van der Waals surface area (Å²) in [7, 11) is -4.73. The quantitative estimate of drug-likeness (QED) is 0.0177. The third kappa shape index (κ3) is 31.4. The first-order valence-corrected chi connectivity index (χ1v) is 22.6. The molecule has 0 saturated carbocycles. The molecule has 0 spiro atoms. The SMILES string of the molecule is CCCCCC=CCC1OC1CC=CCC=CCCCC(=O)OC(COC(=O)CCCCCCCCCCCCCCC)COP(=O)(O)OCC(N)C(=O)O. The molecule has 0 aromatic heterocycles. The molecular formula is C42H74NO11P. The topological polar surface area (TPSA) is 184 Å². The molecule has 318 valence electrons. The molecule has 1 aliphatic rings. The highest BCUT2D eigenvalue weighted by atomic mass is 31.2. The first-order valence-electron chi connectivity index (χ1n) is 21.1. The van der Waals surface area contributed by atoms with Crippen LogP contribution in [-0.2, 0) is 42.2 Å². The maximum Gasteiger partial charge on any atom is 0.472 e. The van der Waals surface area contributed by atoms with Gasteiger partial charge in [-0.2, -0.15) is 0 Å². The van der Waals surface area contributed by atoms with Crippen LogP contribution in [0.3, 0.4) is 0 Å². The van der Waals surface area contributed by atoms with Crippen LogP contribution in [0.4, 0.5) is 0 Å². The molecule has 1 saturated heterocycles. The van der Waals surface area contributed by atoms with Crippen LogP contribution in [0.15, 0.2) is 36.5 Å². The van der Waals surface area contributed by atoms with Crippen molar-refractivity contribution in [1.82, 2.24) is 0 Å². The molecule has 0 amide bonds. The minimum absolute atomic E-state index is 0.0811. The Bertz CT molecular complexity index is 1140. The van der Waals surface area contributed by atoms with Gasteiger partial charge in [0.1, 0.15) is 12.6 Å². The minimum Gasteiger partial charge on any atom is -0.480 e. The van der Waals surface area contributed by atoms with Gasteiger partial charge in [-0.05, 0) is 51.4 Å². The van der Waals surface area contributed by atoms with Gasteiger partial charge in [0, 0.05) is 12.8 Å². The zero-order valence-corrected chi connectivity index (χ0v) is 34.9. The number of nitrogens with two attached hydrogens (primary N) is 1. The number of rotatable bonds is 38. The number of allylic oxidation sites excluding steroid dienone is 4. The van der Waals surface area contributed by atoms with Crippen LogP contribution in [-0.4, -0.2) is 72.1 Å². The second-order valence-corrected chi connectivity index (χ2v) is 16.0. The molecule has 5 unspecified atom stereocenters. The van der Waals surface area contributed by atoms with E-state index in [1.807, 2.05) is 12.2 Å². The van der Waals surface area contributed by atoms with Crippen LogP contribution in [0.25, 0.3) is 0 Å². The van der Waals surface area contributed by atoms with Crippen molar-refractivity contribution in [1.29, 1.82) is 0 Å². The van der Waals surface area contributed by atoms with Gasteiger partial charge in [-0.3, -0.25) is 23.4 Å². The number of carboxylic acids is 1. The first-order chi connectivity index (χ1) is 26.6. The lowest BCUT2D eigenvalue weighted by atomic mass is 10.0. The van der Waals surface area contributed by atoms with Crippen LogP contribution < -0.4 is 5.73 Å². The fourth-order valence-electron chi connectivity index (χ4n) is 5.80. The Hall–Kier alpha value is -2.34. The van der Waals surface area contributed by atoms with Crippen molar-refractivity contribution in [2.24, 2.45) is 5.73 Å². The van der Waals surface area contributed by atoms with Crippen molar-refractivity contribution in [3.05, 3.63) is 36.5 Å². The van der Waals surface area contributed by atoms with Gasteiger partial charge < -0.3 is 29.9 Å². The standard InChI is InChI=1S/C42H74NO11P/c1-3-5-7-9-11-12-13-14-15-16-19-23-27-31-40(44)50-33-36(34-51-55(48,49)52-35-37(43)42(46)47)53-41(45)32-28-24-20-17-18-22-26-30-39-38(54-39)29-25-21-10-8-6-4-2/h17,20-22,25-26,36-39H,3-16,18-19,23-24,27-35,43H2,1-2H3,(H,46,47)(H,48,49). The number of ether oxygens (including phenoxy) is 3. The Kier molecular flexibility index (Phi) is 31.1. The van der Waals surface area contributed by atoms with E-state index in [1.165, 1.54) is 77.0 Å². The zero-order chi connectivity index (χ0) is 40.4. The molecule has 5 atom stereocenters. The minimum atomic E-state index is -4.73. The number of aliphatic carboxylic acids is 1. The fraction of sp³-hybridized carbons (Fsp3) is 0.786. The number of unbranched alkanes of at least 4 members (excludes halogenated alkanes) is 16. The molecule has 0 aromatic carbocycles. The molecule has 0 aromatic rings. The largest absolute Gasteiger partial charge is 0.480 e. The number of hydrogen-bond donors (Lipinski definition) is 3. The van der Waals surface area contributed by atoms with Crippen LogP contribution in [0.2, 0.25) is 0 Å². The van der Waals surface area contributed by atoms with Gasteiger partial charge in [0.05, 0.1) is 25.4 Å². The third-order valence-corrected chi connectivity index (χ3v) is 10.2. The van der Waals surface area contributed by atoms with E-state index in [2.05, 4.69) is 42.7 Å². The lowest BCUT2D eigenvalue weighted by Gasteiger charge is -2.20. The maximum absolute atomic E-state index is 12.6. The normalized spacial score (nSPS) is 17.8. The van der Waals surface area contributed by atoms with Crippen molar-refractivity contribution >= 4 is 25.7 Å². The lowest BCUT2D eigenvalue weighted by Crippen LogP contribution is -2.34. The highest BCUT2D eigenvalue weighted by molar-refractivity contribution is 7.47. The molecule has 1 fully saturated rings. The number of esters is 2. The number of phosphoric ester groups is 1. The number of carbonyl (C=O) groups is 3. The van der Waals surface area contributed by atoms with E-state index >= 15 is 0 Å². The Balaban J connectivity index is 2.34. The van der Waals surface area contributed by atoms with Crippen LogP contribution in [0.1, 0.15) is 168 Å². The second-order valence-electron chi connectivity index (χ2n) is 14.5. The Morgan fingerprint density at radius 1 is 0.655 bits per heavy atom. The summed E-state index contributed by atoms with van der Waals surface area (Å²) in [6.07, 6.45) is 36.7. The van der Waals surface area contributed by atoms with E-state index in [9.17, 15) is 23.8 Å². The molecule has 4 N–H and O–H groups in total. The highest BCUT2D eigenvalue weighted by Crippen LogP contribution is 2.43. The average molecular weight is 800 g/mol. The van der Waals surface area contributed by atoms with E-state index in [1.54, 1.807) is 0 Å². The first kappa shape index (κ1) is 50.7. The number of hydrogen-bond acceptors (Lipinski definition) is 10. The molecule has 55 heavy (non-hydrogen) atoms. The fourth-order valence-corrected chi connectivity index (χ4v) is 6.58. The number of carbonyl (C=O) groups excluding carboxylic acids is 2. The van der Waals surface area contributed by atoms with E-state index in [4.69, 9.17) is 29.6 Å². The van der Waals surface area contributed by atoms with E-state index < -0.39 is 51.1 Å². The van der Waals surface area contributed by atoms with Crippen molar-refractivity contribution in [2.75, 3.05) is 19.8 Å². The summed E-state index contributed by atoms with van der Waals surface area (Å²) in [5, 5.41) is 8.88. The van der Waals surface area contributed by atoms with Crippen molar-refractivity contribution in [3.8, 4) is 0 Å². The molecule has 1 rings (SSSR count). The zero-order valence-electron chi connectivity index (χ0n) is 34.0. The summed E-state index contributed by atoms with van der Waals surface area (Å²) in [4.78, 5) is 45.9. The smallest absolute Gasteiger partial charge is 0.472 e. The van der Waals surface area contributed by atoms with Crippen molar-refractivity contribution in [3.63, 3.8) is 0 Å². The van der Waals surface area contributed by atoms with Gasteiger partial charge in [-0.25, -0.2) is 4.57 Å². The van der Waals surface area contributed by atoms with Gasteiger partial charge in [-0.1, -0.05) is 140 Å². The molecule has 0 bridgehead atoms. The third-order valence-electron chi connectivity index (χ3n) is 9.29. The van der Waals surface area contributed by atoms with Crippen LogP contribution in [0, 0.1) is 0 Å².